The average molecular weight is 368 g/mol. The molecule has 5 rings (SSSR count). The number of aliphatic carboxylic acids is 1. The summed E-state index contributed by atoms with van der Waals surface area (Å²) in [6, 6.07) is 14.5. The molecule has 2 aliphatic heterocycles. The zero-order valence-electron chi connectivity index (χ0n) is 13.5. The summed E-state index contributed by atoms with van der Waals surface area (Å²) in [5.41, 5.74) is 1.35. The molecule has 0 saturated carbocycles. The lowest BCUT2D eigenvalue weighted by Crippen LogP contribution is -2.49. The fourth-order valence-electron chi connectivity index (χ4n) is 3.85. The Balaban J connectivity index is 1.74. The Hall–Kier alpha value is -2.99. The summed E-state index contributed by atoms with van der Waals surface area (Å²) < 4.78 is 6.10. The molecule has 2 bridgehead atoms. The van der Waals surface area contributed by atoms with Gasteiger partial charge < -0.3 is 15.2 Å². The number of carboxylic acids is 1. The molecule has 3 heterocycles. The van der Waals surface area contributed by atoms with E-state index >= 15 is 0 Å². The molecule has 26 heavy (non-hydrogen) atoms. The van der Waals surface area contributed by atoms with Crippen LogP contribution in [0.2, 0.25) is 5.02 Å². The Labute approximate surface area is 153 Å². The van der Waals surface area contributed by atoms with Gasteiger partial charge in [-0.25, -0.2) is 4.79 Å². The molecule has 2 aromatic carbocycles. The Morgan fingerprint density at radius 1 is 1.27 bits per heavy atom. The number of ether oxygens (including phenoxy) is 1. The van der Waals surface area contributed by atoms with Gasteiger partial charge >= 0.3 is 5.97 Å². The lowest BCUT2D eigenvalue weighted by molar-refractivity contribution is -0.159. The third-order valence-electron chi connectivity index (χ3n) is 5.01. The lowest BCUT2D eigenvalue weighted by atomic mass is 9.78. The predicted molar refractivity (Wildman–Crippen MR) is 96.4 cm³/mol. The summed E-state index contributed by atoms with van der Waals surface area (Å²) >= 11 is 6.11. The van der Waals surface area contributed by atoms with E-state index < -0.39 is 11.6 Å². The molecular weight excluding hydrogens is 354 g/mol. The van der Waals surface area contributed by atoms with Crippen LogP contribution in [0.15, 0.2) is 48.5 Å². The Kier molecular flexibility index (Phi) is 3.09. The van der Waals surface area contributed by atoms with Gasteiger partial charge in [0.25, 0.3) is 0 Å². The molecule has 2 atom stereocenters. The van der Waals surface area contributed by atoms with Gasteiger partial charge in [-0.05, 0) is 18.2 Å². The van der Waals surface area contributed by atoms with Gasteiger partial charge in [0.2, 0.25) is 5.60 Å². The highest BCUT2D eigenvalue weighted by atomic mass is 35.5. The lowest BCUT2D eigenvalue weighted by Gasteiger charge is -2.43. The number of anilines is 1. The van der Waals surface area contributed by atoms with E-state index in [1.807, 2.05) is 30.3 Å². The number of rotatable bonds is 2. The highest BCUT2D eigenvalue weighted by Gasteiger charge is 2.55. The van der Waals surface area contributed by atoms with Gasteiger partial charge in [0.1, 0.15) is 5.75 Å². The summed E-state index contributed by atoms with van der Waals surface area (Å²) in [5.74, 6) is -0.0241. The van der Waals surface area contributed by atoms with Crippen LogP contribution in [0, 0.1) is 0 Å². The first kappa shape index (κ1) is 15.3. The van der Waals surface area contributed by atoms with Gasteiger partial charge in [0.05, 0.1) is 17.3 Å². The first-order valence-electron chi connectivity index (χ1n) is 8.21. The molecule has 0 radical (unpaired) electrons. The molecule has 0 spiro atoms. The highest BCUT2D eigenvalue weighted by molar-refractivity contribution is 6.30. The summed E-state index contributed by atoms with van der Waals surface area (Å²) in [7, 11) is 0. The fraction of sp³-hybridized carbons (Fsp3) is 0.158. The van der Waals surface area contributed by atoms with E-state index in [0.717, 1.165) is 11.1 Å². The molecule has 0 saturated heterocycles. The van der Waals surface area contributed by atoms with Crippen molar-refractivity contribution in [2.24, 2.45) is 0 Å². The zero-order valence-corrected chi connectivity index (χ0v) is 14.2. The second-order valence-corrected chi connectivity index (χ2v) is 6.94. The monoisotopic (exact) mass is 367 g/mol. The number of hydrogen-bond donors (Lipinski definition) is 3. The minimum atomic E-state index is -1.51. The van der Waals surface area contributed by atoms with Crippen molar-refractivity contribution in [3.63, 3.8) is 0 Å². The van der Waals surface area contributed by atoms with Gasteiger partial charge in [-0.1, -0.05) is 41.9 Å². The van der Waals surface area contributed by atoms with Crippen molar-refractivity contribution in [3.8, 4) is 17.0 Å². The molecule has 1 aromatic heterocycles. The van der Waals surface area contributed by atoms with E-state index in [2.05, 4.69) is 15.5 Å². The number of carbonyl (C=O) groups is 1. The maximum atomic E-state index is 12.4. The van der Waals surface area contributed by atoms with E-state index in [1.165, 1.54) is 0 Å². The predicted octanol–water partition coefficient (Wildman–Crippen LogP) is 3.96. The Bertz CT molecular complexity index is 1030. The number of hydrogen-bond acceptors (Lipinski definition) is 4. The summed E-state index contributed by atoms with van der Waals surface area (Å²) in [4.78, 5) is 12.4. The first-order chi connectivity index (χ1) is 12.6. The molecule has 2 unspecified atom stereocenters. The standard InChI is InChI=1S/C19H14ClN3O3/c20-11-6-7-14-12(8-11)13-9-19(26-14,18(24)25)15-16(22-23-17(15)21-13)10-4-2-1-3-5-10/h1-8,13H,9H2,(H,24,25)(H2,21,22,23). The Morgan fingerprint density at radius 2 is 2.08 bits per heavy atom. The third-order valence-corrected chi connectivity index (χ3v) is 5.25. The average Bonchev–Trinajstić information content (AvgIpc) is 3.08. The molecule has 6 nitrogen and oxygen atoms in total. The van der Waals surface area contributed by atoms with Crippen LogP contribution in [-0.2, 0) is 10.4 Å². The number of nitrogens with one attached hydrogen (secondary N) is 2. The summed E-state index contributed by atoms with van der Waals surface area (Å²) in [5, 5.41) is 21.4. The second-order valence-electron chi connectivity index (χ2n) is 6.51. The number of carboxylic acid groups (broad SMARTS) is 1. The smallest absolute Gasteiger partial charge is 0.353 e. The first-order valence-corrected chi connectivity index (χ1v) is 8.59. The van der Waals surface area contributed by atoms with Crippen molar-refractivity contribution < 1.29 is 14.6 Å². The van der Waals surface area contributed by atoms with E-state index in [1.54, 1.807) is 18.2 Å². The summed E-state index contributed by atoms with van der Waals surface area (Å²) in [6.45, 7) is 0. The highest BCUT2D eigenvalue weighted by Crippen LogP contribution is 2.53. The molecule has 0 aliphatic carbocycles. The van der Waals surface area contributed by atoms with Crippen molar-refractivity contribution in [2.75, 3.05) is 5.32 Å². The van der Waals surface area contributed by atoms with Crippen LogP contribution in [0.25, 0.3) is 11.3 Å². The Morgan fingerprint density at radius 3 is 2.85 bits per heavy atom. The van der Waals surface area contributed by atoms with Crippen molar-refractivity contribution in [2.45, 2.75) is 18.1 Å². The molecule has 2 aliphatic rings. The van der Waals surface area contributed by atoms with E-state index in [4.69, 9.17) is 16.3 Å². The molecule has 130 valence electrons. The largest absolute Gasteiger partial charge is 0.478 e. The van der Waals surface area contributed by atoms with Gasteiger partial charge in [0.15, 0.2) is 5.82 Å². The minimum Gasteiger partial charge on any atom is -0.478 e. The maximum Gasteiger partial charge on any atom is 0.353 e. The SMILES string of the molecule is O=C(O)C12CC(Nc3n[nH]c(-c4ccccc4)c31)c1cc(Cl)ccc1O2. The van der Waals surface area contributed by atoms with Crippen molar-refractivity contribution in [1.82, 2.24) is 10.2 Å². The number of H-pyrrole nitrogens is 1. The zero-order chi connectivity index (χ0) is 17.9. The van der Waals surface area contributed by atoms with Crippen LogP contribution in [0.4, 0.5) is 5.82 Å². The van der Waals surface area contributed by atoms with Crippen molar-refractivity contribution in [1.29, 1.82) is 0 Å². The molecule has 3 N–H and O–H groups in total. The van der Waals surface area contributed by atoms with Crippen LogP contribution in [-0.4, -0.2) is 21.3 Å². The van der Waals surface area contributed by atoms with Gasteiger partial charge in [-0.2, -0.15) is 5.10 Å². The van der Waals surface area contributed by atoms with Crippen LogP contribution in [0.3, 0.4) is 0 Å². The molecular formula is C19H14ClN3O3. The third kappa shape index (κ3) is 1.99. The van der Waals surface area contributed by atoms with Crippen LogP contribution < -0.4 is 10.1 Å². The van der Waals surface area contributed by atoms with Crippen molar-refractivity contribution in [3.05, 3.63) is 64.7 Å². The second kappa shape index (κ2) is 5.25. The molecule has 0 fully saturated rings. The number of nitrogens with zero attached hydrogens (tertiary/aromatic N) is 1. The van der Waals surface area contributed by atoms with E-state index in [0.29, 0.717) is 27.8 Å². The van der Waals surface area contributed by atoms with E-state index in [9.17, 15) is 9.90 Å². The van der Waals surface area contributed by atoms with Gasteiger partial charge in [-0.15, -0.1) is 0 Å². The van der Waals surface area contributed by atoms with Gasteiger partial charge in [0, 0.05) is 22.6 Å². The molecule has 3 aromatic rings. The normalized spacial score (nSPS) is 22.6. The minimum absolute atomic E-state index is 0.243. The van der Waals surface area contributed by atoms with E-state index in [-0.39, 0.29) is 12.5 Å². The summed E-state index contributed by atoms with van der Waals surface area (Å²) in [6.07, 6.45) is 0.252. The van der Waals surface area contributed by atoms with Gasteiger partial charge in [-0.3, -0.25) is 5.10 Å². The quantitative estimate of drug-likeness (QED) is 0.638. The topological polar surface area (TPSA) is 87.2 Å². The number of benzene rings is 2. The number of halogens is 1. The van der Waals surface area contributed by atoms with Crippen LogP contribution in [0.1, 0.15) is 23.6 Å². The maximum absolute atomic E-state index is 12.4. The number of aromatic amines is 1. The van der Waals surface area contributed by atoms with Crippen molar-refractivity contribution >= 4 is 23.4 Å². The van der Waals surface area contributed by atoms with Crippen LogP contribution >= 0.6 is 11.6 Å². The fourth-order valence-corrected chi connectivity index (χ4v) is 4.03. The molecule has 0 amide bonds. The number of aromatic nitrogens is 2. The molecule has 7 heteroatoms. The van der Waals surface area contributed by atoms with Crippen LogP contribution in [0.5, 0.6) is 5.75 Å². The number of fused-ring (bicyclic) bond motifs is 6.